The highest BCUT2D eigenvalue weighted by Gasteiger charge is 2.22. The van der Waals surface area contributed by atoms with E-state index in [4.69, 9.17) is 9.84 Å². The van der Waals surface area contributed by atoms with Crippen LogP contribution in [-0.2, 0) is 4.74 Å². The van der Waals surface area contributed by atoms with Gasteiger partial charge >= 0.3 is 6.09 Å². The lowest BCUT2D eigenvalue weighted by Crippen LogP contribution is -2.40. The first kappa shape index (κ1) is 10.8. The van der Waals surface area contributed by atoms with E-state index in [9.17, 15) is 4.79 Å². The van der Waals surface area contributed by atoms with Crippen molar-refractivity contribution in [3.63, 3.8) is 0 Å². The van der Waals surface area contributed by atoms with Crippen LogP contribution in [0.25, 0.3) is 0 Å². The van der Waals surface area contributed by atoms with Crippen LogP contribution in [0.5, 0.6) is 0 Å². The summed E-state index contributed by atoms with van der Waals surface area (Å²) >= 11 is 3.28. The standard InChI is InChI=1S/C8H14BrNO3/c9-3-6-13-7-1-4-10(5-2-7)8(11)12/h7H,1-6H2,(H,11,12). The molecule has 0 spiro atoms. The minimum atomic E-state index is -0.820. The van der Waals surface area contributed by atoms with Crippen molar-refractivity contribution in [2.75, 3.05) is 25.0 Å². The molecule has 76 valence electrons. The summed E-state index contributed by atoms with van der Waals surface area (Å²) in [5.74, 6) is 0. The summed E-state index contributed by atoms with van der Waals surface area (Å²) in [7, 11) is 0. The average molecular weight is 252 g/mol. The first-order valence-corrected chi connectivity index (χ1v) is 5.51. The summed E-state index contributed by atoms with van der Waals surface area (Å²) in [6.45, 7) is 1.91. The second-order valence-electron chi connectivity index (χ2n) is 3.03. The van der Waals surface area contributed by atoms with Crippen LogP contribution in [0.3, 0.4) is 0 Å². The Morgan fingerprint density at radius 2 is 2.15 bits per heavy atom. The fraction of sp³-hybridized carbons (Fsp3) is 0.875. The Morgan fingerprint density at radius 3 is 2.62 bits per heavy atom. The van der Waals surface area contributed by atoms with Crippen molar-refractivity contribution in [2.24, 2.45) is 0 Å². The number of piperidine rings is 1. The fourth-order valence-electron chi connectivity index (χ4n) is 1.42. The molecule has 1 amide bonds. The molecular weight excluding hydrogens is 238 g/mol. The highest BCUT2D eigenvalue weighted by Crippen LogP contribution is 2.13. The molecule has 1 N–H and O–H groups in total. The third-order valence-corrected chi connectivity index (χ3v) is 2.47. The van der Waals surface area contributed by atoms with E-state index in [2.05, 4.69) is 15.9 Å². The largest absolute Gasteiger partial charge is 0.465 e. The minimum absolute atomic E-state index is 0.244. The van der Waals surface area contributed by atoms with Gasteiger partial charge in [0.15, 0.2) is 0 Å². The number of carbonyl (C=O) groups is 1. The predicted molar refractivity (Wildman–Crippen MR) is 52.4 cm³/mol. The SMILES string of the molecule is O=C(O)N1CCC(OCCBr)CC1. The van der Waals surface area contributed by atoms with Gasteiger partial charge in [0.05, 0.1) is 12.7 Å². The van der Waals surface area contributed by atoms with Gasteiger partial charge in [-0.2, -0.15) is 0 Å². The van der Waals surface area contributed by atoms with E-state index in [1.807, 2.05) is 0 Å². The number of alkyl halides is 1. The number of hydrogen-bond acceptors (Lipinski definition) is 2. The zero-order chi connectivity index (χ0) is 9.68. The molecule has 1 heterocycles. The zero-order valence-corrected chi connectivity index (χ0v) is 8.99. The minimum Gasteiger partial charge on any atom is -0.465 e. The summed E-state index contributed by atoms with van der Waals surface area (Å²) in [5, 5.41) is 9.52. The zero-order valence-electron chi connectivity index (χ0n) is 7.41. The Bertz CT molecular complexity index is 169. The van der Waals surface area contributed by atoms with E-state index in [1.54, 1.807) is 0 Å². The van der Waals surface area contributed by atoms with Crippen LogP contribution < -0.4 is 0 Å². The molecule has 0 saturated carbocycles. The molecule has 1 saturated heterocycles. The summed E-state index contributed by atoms with van der Waals surface area (Å²) in [5.41, 5.74) is 0. The Hall–Kier alpha value is -0.290. The number of ether oxygens (including phenoxy) is 1. The molecule has 0 radical (unpaired) electrons. The molecular formula is C8H14BrNO3. The van der Waals surface area contributed by atoms with Gasteiger partial charge in [-0.25, -0.2) is 4.79 Å². The van der Waals surface area contributed by atoms with Crippen molar-refractivity contribution in [3.8, 4) is 0 Å². The number of hydrogen-bond donors (Lipinski definition) is 1. The number of carboxylic acid groups (broad SMARTS) is 1. The van der Waals surface area contributed by atoms with Crippen molar-refractivity contribution >= 4 is 22.0 Å². The van der Waals surface area contributed by atoms with Crippen LogP contribution in [-0.4, -0.2) is 47.2 Å². The lowest BCUT2D eigenvalue weighted by atomic mass is 10.1. The maximum Gasteiger partial charge on any atom is 0.407 e. The molecule has 1 aliphatic heterocycles. The molecule has 0 bridgehead atoms. The Balaban J connectivity index is 2.18. The summed E-state index contributed by atoms with van der Waals surface area (Å²) < 4.78 is 5.49. The van der Waals surface area contributed by atoms with Gasteiger partial charge in [0.1, 0.15) is 0 Å². The van der Waals surface area contributed by atoms with Crippen LogP contribution in [0.4, 0.5) is 4.79 Å². The molecule has 1 aliphatic rings. The lowest BCUT2D eigenvalue weighted by Gasteiger charge is -2.29. The lowest BCUT2D eigenvalue weighted by molar-refractivity contribution is 0.0183. The molecule has 1 rings (SSSR count). The number of likely N-dealkylation sites (tertiary alicyclic amines) is 1. The van der Waals surface area contributed by atoms with Crippen LogP contribution in [0.2, 0.25) is 0 Å². The first-order valence-electron chi connectivity index (χ1n) is 4.39. The molecule has 0 aromatic heterocycles. The third-order valence-electron chi connectivity index (χ3n) is 2.14. The van der Waals surface area contributed by atoms with E-state index in [0.717, 1.165) is 18.2 Å². The van der Waals surface area contributed by atoms with Crippen molar-refractivity contribution < 1.29 is 14.6 Å². The highest BCUT2D eigenvalue weighted by atomic mass is 79.9. The number of nitrogens with zero attached hydrogens (tertiary/aromatic N) is 1. The summed E-state index contributed by atoms with van der Waals surface area (Å²) in [6.07, 6.45) is 1.06. The normalized spacial score (nSPS) is 19.0. The van der Waals surface area contributed by atoms with Crippen molar-refractivity contribution in [1.82, 2.24) is 4.90 Å². The molecule has 0 atom stereocenters. The number of rotatable bonds is 3. The molecule has 4 nitrogen and oxygen atoms in total. The quantitative estimate of drug-likeness (QED) is 0.775. The second-order valence-corrected chi connectivity index (χ2v) is 3.82. The van der Waals surface area contributed by atoms with Gasteiger partial charge in [-0.3, -0.25) is 0 Å². The van der Waals surface area contributed by atoms with Gasteiger partial charge in [0, 0.05) is 18.4 Å². The number of amides is 1. The Labute approximate surface area is 86.0 Å². The molecule has 0 unspecified atom stereocenters. The van der Waals surface area contributed by atoms with E-state index < -0.39 is 6.09 Å². The van der Waals surface area contributed by atoms with Crippen molar-refractivity contribution in [1.29, 1.82) is 0 Å². The molecule has 0 aromatic rings. The average Bonchev–Trinajstić information content (AvgIpc) is 2.15. The van der Waals surface area contributed by atoms with Crippen LogP contribution in [0, 0.1) is 0 Å². The van der Waals surface area contributed by atoms with Gasteiger partial charge in [0.2, 0.25) is 0 Å². The molecule has 13 heavy (non-hydrogen) atoms. The second kappa shape index (κ2) is 5.44. The predicted octanol–water partition coefficient (Wildman–Crippen LogP) is 1.54. The smallest absolute Gasteiger partial charge is 0.407 e. The van der Waals surface area contributed by atoms with Gasteiger partial charge in [-0.15, -0.1) is 0 Å². The van der Waals surface area contributed by atoms with E-state index >= 15 is 0 Å². The number of halogens is 1. The van der Waals surface area contributed by atoms with Crippen LogP contribution >= 0.6 is 15.9 Å². The van der Waals surface area contributed by atoms with Gasteiger partial charge in [0.25, 0.3) is 0 Å². The molecule has 0 aromatic carbocycles. The van der Waals surface area contributed by atoms with E-state index in [0.29, 0.717) is 19.7 Å². The van der Waals surface area contributed by atoms with Crippen molar-refractivity contribution in [3.05, 3.63) is 0 Å². The topological polar surface area (TPSA) is 49.8 Å². The highest BCUT2D eigenvalue weighted by molar-refractivity contribution is 9.09. The maximum absolute atomic E-state index is 10.6. The van der Waals surface area contributed by atoms with Gasteiger partial charge < -0.3 is 14.7 Å². The van der Waals surface area contributed by atoms with Gasteiger partial charge in [-0.05, 0) is 12.8 Å². The Morgan fingerprint density at radius 1 is 1.54 bits per heavy atom. The summed E-state index contributed by atoms with van der Waals surface area (Å²) in [4.78, 5) is 12.0. The van der Waals surface area contributed by atoms with E-state index in [1.165, 1.54) is 4.90 Å². The molecule has 1 fully saturated rings. The van der Waals surface area contributed by atoms with E-state index in [-0.39, 0.29) is 6.10 Å². The third kappa shape index (κ3) is 3.52. The molecule has 5 heteroatoms. The fourth-order valence-corrected chi connectivity index (χ4v) is 1.61. The van der Waals surface area contributed by atoms with Crippen LogP contribution in [0.15, 0.2) is 0 Å². The first-order chi connectivity index (χ1) is 6.24. The maximum atomic E-state index is 10.6. The molecule has 0 aliphatic carbocycles. The van der Waals surface area contributed by atoms with Gasteiger partial charge in [-0.1, -0.05) is 15.9 Å². The summed E-state index contributed by atoms with van der Waals surface area (Å²) in [6, 6.07) is 0. The van der Waals surface area contributed by atoms with Crippen molar-refractivity contribution in [2.45, 2.75) is 18.9 Å². The Kier molecular flexibility index (Phi) is 4.52. The van der Waals surface area contributed by atoms with Crippen LogP contribution in [0.1, 0.15) is 12.8 Å². The monoisotopic (exact) mass is 251 g/mol.